The lowest BCUT2D eigenvalue weighted by atomic mass is 10.2. The molecule has 1 aromatic carbocycles. The Hall–Kier alpha value is -2.11. The van der Waals surface area contributed by atoms with Crippen LogP contribution in [-0.4, -0.2) is 61.5 Å². The van der Waals surface area contributed by atoms with E-state index in [1.165, 1.54) is 17.0 Å². The van der Waals surface area contributed by atoms with E-state index >= 15 is 0 Å². The summed E-state index contributed by atoms with van der Waals surface area (Å²) in [5.74, 6) is 0. The van der Waals surface area contributed by atoms with E-state index in [1.54, 1.807) is 12.1 Å². The number of rotatable bonds is 7. The van der Waals surface area contributed by atoms with Crippen LogP contribution in [0, 0.1) is 27.2 Å². The highest BCUT2D eigenvalue weighted by Crippen LogP contribution is 2.17. The number of benzene rings is 1. The van der Waals surface area contributed by atoms with Crippen molar-refractivity contribution in [3.63, 3.8) is 0 Å². The highest BCUT2D eigenvalue weighted by Gasteiger charge is 2.49. The maximum Gasteiger partial charge on any atom is 0.297 e. The van der Waals surface area contributed by atoms with Crippen molar-refractivity contribution in [2.45, 2.75) is 23.9 Å². The maximum atomic E-state index is 12.0. The van der Waals surface area contributed by atoms with Crippen LogP contribution in [0.25, 0.3) is 0 Å². The first-order valence-electron chi connectivity index (χ1n) is 7.16. The molecule has 0 saturated carbocycles. The molecule has 2 unspecified atom stereocenters. The lowest BCUT2D eigenvalue weighted by molar-refractivity contribution is -0.606. The molecular weight excluding hydrogens is 342 g/mol. The molecule has 2 rings (SSSR count). The lowest BCUT2D eigenvalue weighted by Gasteiger charge is -2.13. The Balaban J connectivity index is 1.91. The molecule has 0 aliphatic carbocycles. The minimum Gasteiger partial charge on any atom is -0.287 e. The van der Waals surface area contributed by atoms with E-state index in [4.69, 9.17) is 4.18 Å². The van der Waals surface area contributed by atoms with Gasteiger partial charge in [0.15, 0.2) is 0 Å². The third-order valence-electron chi connectivity index (χ3n) is 3.83. The zero-order valence-corrected chi connectivity index (χ0v) is 13.7. The van der Waals surface area contributed by atoms with Crippen LogP contribution >= 0.6 is 0 Å². The second-order valence-corrected chi connectivity index (χ2v) is 7.17. The average molecular weight is 359 g/mol. The van der Waals surface area contributed by atoms with E-state index in [1.807, 2.05) is 6.92 Å². The molecule has 1 aliphatic heterocycles. The van der Waals surface area contributed by atoms with Gasteiger partial charge in [-0.1, -0.05) is 17.7 Å². The van der Waals surface area contributed by atoms with Crippen molar-refractivity contribution in [1.29, 1.82) is 0 Å². The van der Waals surface area contributed by atoms with Crippen LogP contribution in [0.4, 0.5) is 0 Å². The van der Waals surface area contributed by atoms with Crippen molar-refractivity contribution in [3.05, 3.63) is 50.1 Å². The number of aryl methyl sites for hydroxylation is 1. The Labute approximate surface area is 138 Å². The summed E-state index contributed by atoms with van der Waals surface area (Å²) in [6, 6.07) is 3.53. The van der Waals surface area contributed by atoms with Gasteiger partial charge < -0.3 is 0 Å². The van der Waals surface area contributed by atoms with Crippen molar-refractivity contribution < 1.29 is 22.4 Å². The quantitative estimate of drug-likeness (QED) is 0.386. The topological polar surface area (TPSA) is 133 Å². The van der Waals surface area contributed by atoms with Gasteiger partial charge in [-0.3, -0.25) is 29.3 Å². The number of hydrogen-bond donors (Lipinski definition) is 0. The van der Waals surface area contributed by atoms with E-state index in [2.05, 4.69) is 0 Å². The average Bonchev–Trinajstić information content (AvgIpc) is 2.92. The lowest BCUT2D eigenvalue weighted by Crippen LogP contribution is -2.37. The van der Waals surface area contributed by atoms with Crippen molar-refractivity contribution in [2.75, 3.05) is 26.2 Å². The fraction of sp³-hybridized carbons (Fsp3) is 0.538. The monoisotopic (exact) mass is 359 g/mol. The van der Waals surface area contributed by atoms with E-state index in [0.717, 1.165) is 5.56 Å². The molecule has 24 heavy (non-hydrogen) atoms. The van der Waals surface area contributed by atoms with Crippen LogP contribution in [-0.2, 0) is 14.3 Å². The molecule has 2 atom stereocenters. The molecule has 1 heterocycles. The van der Waals surface area contributed by atoms with Gasteiger partial charge in [-0.2, -0.15) is 8.42 Å². The van der Waals surface area contributed by atoms with Crippen LogP contribution < -0.4 is 0 Å². The molecule has 1 fully saturated rings. The summed E-state index contributed by atoms with van der Waals surface area (Å²) in [5, 5.41) is 21.7. The maximum absolute atomic E-state index is 12.0. The molecule has 0 N–H and O–H groups in total. The summed E-state index contributed by atoms with van der Waals surface area (Å²) in [6.45, 7) is 1.44. The van der Waals surface area contributed by atoms with Crippen LogP contribution in [0.1, 0.15) is 5.56 Å². The van der Waals surface area contributed by atoms with Gasteiger partial charge in [-0.25, -0.2) is 0 Å². The molecule has 1 aliphatic rings. The normalized spacial score (nSPS) is 21.7. The standard InChI is InChI=1S/C13H17N3O7S/c1-10-2-4-11(5-3-10)24(21,22)23-7-6-14-8-12(15(17)18)13(9-14)16(19)20/h2-5,12-13H,6-9H2,1H3. The molecule has 0 bridgehead atoms. The molecule has 11 heteroatoms. The fourth-order valence-corrected chi connectivity index (χ4v) is 3.39. The minimum absolute atomic E-state index is 0.0147. The Kier molecular flexibility index (Phi) is 5.47. The third-order valence-corrected chi connectivity index (χ3v) is 5.16. The summed E-state index contributed by atoms with van der Waals surface area (Å²) < 4.78 is 28.9. The van der Waals surface area contributed by atoms with Gasteiger partial charge in [0.1, 0.15) is 0 Å². The van der Waals surface area contributed by atoms with Gasteiger partial charge in [-0.05, 0) is 19.1 Å². The van der Waals surface area contributed by atoms with Crippen molar-refractivity contribution in [3.8, 4) is 0 Å². The van der Waals surface area contributed by atoms with Crippen molar-refractivity contribution >= 4 is 10.1 Å². The summed E-state index contributed by atoms with van der Waals surface area (Å²) in [7, 11) is -3.92. The summed E-state index contributed by atoms with van der Waals surface area (Å²) in [4.78, 5) is 21.8. The van der Waals surface area contributed by atoms with Crippen LogP contribution in [0.5, 0.6) is 0 Å². The molecule has 132 valence electrons. The summed E-state index contributed by atoms with van der Waals surface area (Å²) >= 11 is 0. The Bertz CT molecular complexity index is 698. The molecular formula is C13H17N3O7S. The van der Waals surface area contributed by atoms with Gasteiger partial charge in [0.25, 0.3) is 22.2 Å². The Morgan fingerprint density at radius 1 is 1.12 bits per heavy atom. The van der Waals surface area contributed by atoms with E-state index < -0.39 is 32.0 Å². The zero-order valence-electron chi connectivity index (χ0n) is 12.9. The smallest absolute Gasteiger partial charge is 0.287 e. The Morgan fingerprint density at radius 2 is 1.62 bits per heavy atom. The van der Waals surface area contributed by atoms with Crippen molar-refractivity contribution in [1.82, 2.24) is 4.90 Å². The predicted molar refractivity (Wildman–Crippen MR) is 82.3 cm³/mol. The first-order valence-corrected chi connectivity index (χ1v) is 8.57. The van der Waals surface area contributed by atoms with Crippen molar-refractivity contribution in [2.24, 2.45) is 0 Å². The minimum atomic E-state index is -3.92. The van der Waals surface area contributed by atoms with Gasteiger partial charge >= 0.3 is 0 Å². The number of nitrogens with zero attached hydrogens (tertiary/aromatic N) is 3. The van der Waals surface area contributed by atoms with Gasteiger partial charge in [0, 0.05) is 16.4 Å². The molecule has 0 spiro atoms. The highest BCUT2D eigenvalue weighted by atomic mass is 32.2. The van der Waals surface area contributed by atoms with Crippen LogP contribution in [0.15, 0.2) is 29.2 Å². The number of hydrogen-bond acceptors (Lipinski definition) is 8. The van der Waals surface area contributed by atoms with Crippen LogP contribution in [0.2, 0.25) is 0 Å². The molecule has 0 aromatic heterocycles. The van der Waals surface area contributed by atoms with Gasteiger partial charge in [-0.15, -0.1) is 0 Å². The van der Waals surface area contributed by atoms with E-state index in [9.17, 15) is 28.6 Å². The predicted octanol–water partition coefficient (Wildman–Crippen LogP) is 0.307. The molecule has 0 amide bonds. The zero-order chi connectivity index (χ0) is 17.9. The van der Waals surface area contributed by atoms with E-state index in [0.29, 0.717) is 0 Å². The molecule has 0 radical (unpaired) electrons. The second-order valence-electron chi connectivity index (χ2n) is 5.55. The number of likely N-dealkylation sites (tertiary alicyclic amines) is 1. The SMILES string of the molecule is Cc1ccc(S(=O)(=O)OCCN2CC([N+](=O)[O-])C([N+](=O)[O-])C2)cc1. The second kappa shape index (κ2) is 7.20. The molecule has 10 nitrogen and oxygen atoms in total. The number of nitro groups is 2. The highest BCUT2D eigenvalue weighted by molar-refractivity contribution is 7.86. The molecule has 1 saturated heterocycles. The van der Waals surface area contributed by atoms with Crippen LogP contribution in [0.3, 0.4) is 0 Å². The molecule has 1 aromatic rings. The van der Waals surface area contributed by atoms with Gasteiger partial charge in [0.2, 0.25) is 0 Å². The van der Waals surface area contributed by atoms with Gasteiger partial charge in [0.05, 0.1) is 24.6 Å². The third kappa shape index (κ3) is 4.24. The Morgan fingerprint density at radius 3 is 2.08 bits per heavy atom. The first-order chi connectivity index (χ1) is 11.2. The fourth-order valence-electron chi connectivity index (χ4n) is 2.49. The largest absolute Gasteiger partial charge is 0.297 e. The summed E-state index contributed by atoms with van der Waals surface area (Å²) in [6.07, 6.45) is 0. The van der Waals surface area contributed by atoms with E-state index in [-0.39, 0.29) is 31.1 Å². The summed E-state index contributed by atoms with van der Waals surface area (Å²) in [5.41, 5.74) is 0.905. The first kappa shape index (κ1) is 18.2.